The van der Waals surface area contributed by atoms with Gasteiger partial charge in [-0.2, -0.15) is 0 Å². The number of rotatable bonds is 3. The van der Waals surface area contributed by atoms with Crippen LogP contribution in [-0.4, -0.2) is 27.4 Å². The molecule has 0 saturated carbocycles. The molecule has 0 bridgehead atoms. The number of hydrogen-bond donors (Lipinski definition) is 2. The van der Waals surface area contributed by atoms with Gasteiger partial charge in [-0.15, -0.1) is 34.9 Å². The predicted molar refractivity (Wildman–Crippen MR) is 145 cm³/mol. The van der Waals surface area contributed by atoms with E-state index in [1.807, 2.05) is 41.5 Å². The molecule has 0 aliphatic carbocycles. The summed E-state index contributed by atoms with van der Waals surface area (Å²) in [5, 5.41) is 20.8. The molecule has 3 rings (SSSR count). The maximum Gasteiger partial charge on any atom is 0.0613 e. The van der Waals surface area contributed by atoms with Crippen LogP contribution in [0.2, 0.25) is 0 Å². The van der Waals surface area contributed by atoms with Crippen molar-refractivity contribution in [1.82, 2.24) is 4.98 Å². The molecule has 2 aromatic carbocycles. The number of fused-ring (bicyclic) bond motifs is 1. The van der Waals surface area contributed by atoms with E-state index >= 15 is 0 Å². The minimum atomic E-state index is -0.443. The second kappa shape index (κ2) is 12.1. The number of aliphatic hydroxyl groups excluding tert-OH is 2. The molecule has 195 valence electrons. The van der Waals surface area contributed by atoms with E-state index in [-0.39, 0.29) is 30.9 Å². The Morgan fingerprint density at radius 3 is 1.83 bits per heavy atom. The average Bonchev–Trinajstić information content (AvgIpc) is 2.69. The quantitative estimate of drug-likeness (QED) is 0.289. The van der Waals surface area contributed by atoms with Crippen LogP contribution < -0.4 is 0 Å². The molecule has 0 spiro atoms. The average molecular weight is 655 g/mol. The maximum atomic E-state index is 9.76. The largest absolute Gasteiger partial charge is 0.392 e. The van der Waals surface area contributed by atoms with Crippen LogP contribution in [0.25, 0.3) is 22.2 Å². The standard InChI is InChI=1S/C20H20N.C11H24O2.Ir/c1-12-6-7-14(3)18(9-12)20-16(5)11-17-15(4)8-13(2)10-19(17)21-20;1-10(2,3)8(12)7-9(13)11(4,5)6;/h6-8,10-11H,1-5H3;8-9,12-13H,7H2,1-6H3;/q-1;;. The van der Waals surface area contributed by atoms with Crippen LogP contribution >= 0.6 is 0 Å². The Bertz CT molecular complexity index is 1120. The van der Waals surface area contributed by atoms with E-state index in [2.05, 4.69) is 71.0 Å². The van der Waals surface area contributed by atoms with Gasteiger partial charge in [-0.25, -0.2) is 0 Å². The van der Waals surface area contributed by atoms with E-state index in [9.17, 15) is 10.2 Å². The van der Waals surface area contributed by atoms with Crippen LogP contribution in [0.1, 0.15) is 75.8 Å². The first-order valence-corrected chi connectivity index (χ1v) is 12.3. The van der Waals surface area contributed by atoms with Gasteiger partial charge in [-0.05, 0) is 54.5 Å². The van der Waals surface area contributed by atoms with Gasteiger partial charge < -0.3 is 10.2 Å². The molecule has 3 aromatic rings. The van der Waals surface area contributed by atoms with Crippen molar-refractivity contribution < 1.29 is 30.3 Å². The number of aromatic nitrogens is 1. The van der Waals surface area contributed by atoms with Crippen molar-refractivity contribution in [3.05, 3.63) is 64.2 Å². The summed E-state index contributed by atoms with van der Waals surface area (Å²) in [6.07, 6.45) is -0.434. The van der Waals surface area contributed by atoms with Crippen molar-refractivity contribution in [2.75, 3.05) is 0 Å². The van der Waals surface area contributed by atoms with Gasteiger partial charge in [0.15, 0.2) is 0 Å². The monoisotopic (exact) mass is 655 g/mol. The third-order valence-corrected chi connectivity index (χ3v) is 6.46. The molecule has 2 atom stereocenters. The fraction of sp³-hybridized carbons (Fsp3) is 0.516. The second-order valence-corrected chi connectivity index (χ2v) is 12.0. The number of benzene rings is 2. The third kappa shape index (κ3) is 8.50. The van der Waals surface area contributed by atoms with Gasteiger partial charge >= 0.3 is 0 Å². The van der Waals surface area contributed by atoms with Crippen LogP contribution in [0.5, 0.6) is 0 Å². The van der Waals surface area contributed by atoms with Gasteiger partial charge in [0.25, 0.3) is 0 Å². The topological polar surface area (TPSA) is 53.4 Å². The summed E-state index contributed by atoms with van der Waals surface area (Å²) >= 11 is 0. The molecule has 35 heavy (non-hydrogen) atoms. The van der Waals surface area contributed by atoms with Crippen molar-refractivity contribution >= 4 is 10.9 Å². The van der Waals surface area contributed by atoms with Crippen molar-refractivity contribution in [1.29, 1.82) is 0 Å². The number of pyridine rings is 1. The van der Waals surface area contributed by atoms with E-state index < -0.39 is 12.2 Å². The molecule has 0 fully saturated rings. The van der Waals surface area contributed by atoms with Gasteiger partial charge in [-0.1, -0.05) is 73.1 Å². The zero-order valence-electron chi connectivity index (χ0n) is 23.4. The van der Waals surface area contributed by atoms with Crippen LogP contribution in [0.4, 0.5) is 0 Å². The number of nitrogens with zero attached hydrogens (tertiary/aromatic N) is 1. The number of aliphatic hydroxyl groups is 2. The molecule has 0 aliphatic heterocycles. The Hall–Kier alpha value is -1.58. The van der Waals surface area contributed by atoms with Crippen LogP contribution in [-0.2, 0) is 20.1 Å². The summed E-state index contributed by atoms with van der Waals surface area (Å²) in [6, 6.07) is 14.3. The Kier molecular flexibility index (Phi) is 10.9. The summed E-state index contributed by atoms with van der Waals surface area (Å²) in [7, 11) is 0. The molecule has 1 aromatic heterocycles. The first-order valence-electron chi connectivity index (χ1n) is 12.3. The van der Waals surface area contributed by atoms with Gasteiger partial charge in [-0.3, -0.25) is 4.98 Å². The summed E-state index contributed by atoms with van der Waals surface area (Å²) < 4.78 is 0. The summed E-state index contributed by atoms with van der Waals surface area (Å²) in [5.41, 5.74) is 9.07. The maximum absolute atomic E-state index is 9.76. The van der Waals surface area contributed by atoms with E-state index in [4.69, 9.17) is 4.98 Å². The van der Waals surface area contributed by atoms with Crippen LogP contribution in [0.15, 0.2) is 30.3 Å². The molecule has 0 amide bonds. The third-order valence-electron chi connectivity index (χ3n) is 6.46. The fourth-order valence-corrected chi connectivity index (χ4v) is 3.82. The Balaban J connectivity index is 0.000000383. The van der Waals surface area contributed by atoms with Gasteiger partial charge in [0, 0.05) is 31.9 Å². The normalized spacial score (nSPS) is 13.5. The fourth-order valence-electron chi connectivity index (χ4n) is 3.82. The summed E-state index contributed by atoms with van der Waals surface area (Å²) in [5.74, 6) is 0. The van der Waals surface area contributed by atoms with E-state index in [0.717, 1.165) is 22.3 Å². The molecule has 3 nitrogen and oxygen atoms in total. The Labute approximate surface area is 226 Å². The van der Waals surface area contributed by atoms with Gasteiger partial charge in [0.05, 0.1) is 17.7 Å². The molecule has 0 aliphatic rings. The predicted octanol–water partition coefficient (Wildman–Crippen LogP) is 7.43. The van der Waals surface area contributed by atoms with Crippen molar-refractivity contribution in [2.45, 2.75) is 94.8 Å². The van der Waals surface area contributed by atoms with Crippen molar-refractivity contribution in [2.24, 2.45) is 10.8 Å². The number of hydrogen-bond acceptors (Lipinski definition) is 3. The Morgan fingerprint density at radius 2 is 1.31 bits per heavy atom. The molecule has 2 N–H and O–H groups in total. The molecule has 0 saturated heterocycles. The van der Waals surface area contributed by atoms with Crippen molar-refractivity contribution in [3.63, 3.8) is 0 Å². The first-order chi connectivity index (χ1) is 15.5. The van der Waals surface area contributed by atoms with Gasteiger partial charge in [0.2, 0.25) is 0 Å². The molecule has 2 unspecified atom stereocenters. The summed E-state index contributed by atoms with van der Waals surface area (Å²) in [6.45, 7) is 22.5. The van der Waals surface area contributed by atoms with Crippen LogP contribution in [0, 0.1) is 51.5 Å². The number of aryl methyl sites for hydroxylation is 5. The minimum Gasteiger partial charge on any atom is -0.392 e. The molecule has 4 heteroatoms. The second-order valence-electron chi connectivity index (χ2n) is 12.0. The van der Waals surface area contributed by atoms with E-state index in [1.54, 1.807) is 0 Å². The van der Waals surface area contributed by atoms with E-state index in [1.165, 1.54) is 27.6 Å². The molecular weight excluding hydrogens is 611 g/mol. The molecule has 1 radical (unpaired) electrons. The Morgan fingerprint density at radius 1 is 0.771 bits per heavy atom. The van der Waals surface area contributed by atoms with Crippen molar-refractivity contribution in [3.8, 4) is 11.3 Å². The smallest absolute Gasteiger partial charge is 0.0613 e. The molecule has 1 heterocycles. The molecular formula is C31H44IrNO2-. The zero-order chi connectivity index (χ0) is 26.0. The van der Waals surface area contributed by atoms with Crippen LogP contribution in [0.3, 0.4) is 0 Å². The van der Waals surface area contributed by atoms with Gasteiger partial charge in [0.1, 0.15) is 0 Å². The first kappa shape index (κ1) is 31.4. The minimum absolute atomic E-state index is 0. The van der Waals surface area contributed by atoms with E-state index in [0.29, 0.717) is 6.42 Å². The SMILES string of the molecule is CC(C)(C)C(O)CC(O)C(C)(C)C.Cc1[c-]c(-c2nc3cc(C)cc(C)c3cc2C)c(C)cc1.[Ir]. The summed E-state index contributed by atoms with van der Waals surface area (Å²) in [4.78, 5) is 4.94. The zero-order valence-corrected chi connectivity index (χ0v) is 25.8.